The van der Waals surface area contributed by atoms with Gasteiger partial charge in [-0.1, -0.05) is 6.07 Å². The molecule has 2 rings (SSSR count). The minimum Gasteiger partial charge on any atom is -0.465 e. The van der Waals surface area contributed by atoms with Crippen LogP contribution in [0, 0.1) is 0 Å². The second kappa shape index (κ2) is 5.42. The molecule has 0 amide bonds. The van der Waals surface area contributed by atoms with Gasteiger partial charge in [-0.3, -0.25) is 0 Å². The Morgan fingerprint density at radius 3 is 2.09 bits per heavy atom. The van der Waals surface area contributed by atoms with Crippen LogP contribution in [0.5, 0.6) is 5.88 Å². The first-order valence-electron chi connectivity index (χ1n) is 6.97. The minimum absolute atomic E-state index is 0.0925. The first-order chi connectivity index (χ1) is 9.92. The first kappa shape index (κ1) is 17.1. The van der Waals surface area contributed by atoms with Crippen LogP contribution in [0.1, 0.15) is 34.6 Å². The van der Waals surface area contributed by atoms with Crippen LogP contribution >= 0.6 is 0 Å². The maximum atomic E-state index is 12.4. The molecule has 1 fully saturated rings. The summed E-state index contributed by atoms with van der Waals surface area (Å²) in [5.41, 5.74) is -0.347. The zero-order valence-electron chi connectivity index (χ0n) is 13.2. The smallest absolute Gasteiger partial charge is 0.465 e. The molecule has 1 aromatic rings. The van der Waals surface area contributed by atoms with Crippen LogP contribution in [0.25, 0.3) is 0 Å². The summed E-state index contributed by atoms with van der Waals surface area (Å²) in [5, 5.41) is 0. The summed E-state index contributed by atoms with van der Waals surface area (Å²) in [6.07, 6.45) is -4.94. The molecular formula is C14H19BF3NO3. The molecule has 1 aliphatic rings. The van der Waals surface area contributed by atoms with E-state index < -0.39 is 30.6 Å². The molecule has 1 aromatic heterocycles. The Labute approximate surface area is 128 Å². The summed E-state index contributed by atoms with van der Waals surface area (Å²) in [5.74, 6) is -0.0925. The van der Waals surface area contributed by atoms with E-state index in [-0.39, 0.29) is 5.88 Å². The Hall–Kier alpha value is -1.28. The number of alkyl halides is 3. The normalized spacial score (nSPS) is 21.7. The van der Waals surface area contributed by atoms with Crippen molar-refractivity contribution in [1.29, 1.82) is 0 Å². The molecular weight excluding hydrogens is 298 g/mol. The minimum atomic E-state index is -4.42. The average Bonchev–Trinajstić information content (AvgIpc) is 2.58. The Bertz CT molecular complexity index is 515. The van der Waals surface area contributed by atoms with Crippen LogP contribution in [0.4, 0.5) is 13.2 Å². The third kappa shape index (κ3) is 3.38. The number of rotatable bonds is 3. The molecule has 0 aliphatic carbocycles. The quantitative estimate of drug-likeness (QED) is 0.804. The topological polar surface area (TPSA) is 40.6 Å². The third-order valence-electron chi connectivity index (χ3n) is 4.04. The number of halogens is 3. The second-order valence-electron chi connectivity index (χ2n) is 6.32. The van der Waals surface area contributed by atoms with Gasteiger partial charge in [0.05, 0.1) is 11.2 Å². The predicted octanol–water partition coefficient (Wildman–Crippen LogP) is 2.71. The SMILES string of the molecule is C[C@@H](Oc1ccc(B2OC(C)(C)C(C)(C)O2)cn1)C(F)(F)F. The van der Waals surface area contributed by atoms with E-state index in [1.807, 2.05) is 27.7 Å². The van der Waals surface area contributed by atoms with Crippen LogP contribution in [0.2, 0.25) is 0 Å². The van der Waals surface area contributed by atoms with Crippen molar-refractivity contribution >= 4 is 12.6 Å². The molecule has 4 nitrogen and oxygen atoms in total. The number of pyridine rings is 1. The number of hydrogen-bond donors (Lipinski definition) is 0. The molecule has 0 bridgehead atoms. The van der Waals surface area contributed by atoms with Crippen LogP contribution in [-0.4, -0.2) is 35.6 Å². The van der Waals surface area contributed by atoms with Gasteiger partial charge in [-0.15, -0.1) is 0 Å². The van der Waals surface area contributed by atoms with Crippen molar-refractivity contribution in [2.45, 2.75) is 58.1 Å². The summed E-state index contributed by atoms with van der Waals surface area (Å²) in [4.78, 5) is 3.89. The molecule has 1 aliphatic heterocycles. The van der Waals surface area contributed by atoms with Crippen molar-refractivity contribution < 1.29 is 27.2 Å². The highest BCUT2D eigenvalue weighted by molar-refractivity contribution is 6.62. The molecule has 0 spiro atoms. The number of hydrogen-bond acceptors (Lipinski definition) is 4. The largest absolute Gasteiger partial charge is 0.496 e. The lowest BCUT2D eigenvalue weighted by Crippen LogP contribution is -2.41. The summed E-state index contributed by atoms with van der Waals surface area (Å²) in [6.45, 7) is 8.61. The van der Waals surface area contributed by atoms with E-state index in [2.05, 4.69) is 4.98 Å². The maximum absolute atomic E-state index is 12.4. The van der Waals surface area contributed by atoms with E-state index in [0.717, 1.165) is 6.92 Å². The monoisotopic (exact) mass is 317 g/mol. The fourth-order valence-corrected chi connectivity index (χ4v) is 1.83. The second-order valence-corrected chi connectivity index (χ2v) is 6.32. The molecule has 22 heavy (non-hydrogen) atoms. The molecule has 8 heteroatoms. The molecule has 0 saturated carbocycles. The van der Waals surface area contributed by atoms with Gasteiger partial charge in [0.25, 0.3) is 0 Å². The molecule has 0 radical (unpaired) electrons. The summed E-state index contributed by atoms with van der Waals surface area (Å²) in [7, 11) is -0.605. The summed E-state index contributed by atoms with van der Waals surface area (Å²) < 4.78 is 53.8. The van der Waals surface area contributed by atoms with Gasteiger partial charge in [0, 0.05) is 11.7 Å². The summed E-state index contributed by atoms with van der Waals surface area (Å²) >= 11 is 0. The lowest BCUT2D eigenvalue weighted by atomic mass is 9.80. The van der Waals surface area contributed by atoms with E-state index in [9.17, 15) is 13.2 Å². The van der Waals surface area contributed by atoms with Gasteiger partial charge >= 0.3 is 13.3 Å². The number of ether oxygens (including phenoxy) is 1. The van der Waals surface area contributed by atoms with Gasteiger partial charge in [0.2, 0.25) is 5.88 Å². The first-order valence-corrected chi connectivity index (χ1v) is 6.97. The highest BCUT2D eigenvalue weighted by atomic mass is 19.4. The lowest BCUT2D eigenvalue weighted by molar-refractivity contribution is -0.189. The predicted molar refractivity (Wildman–Crippen MR) is 76.1 cm³/mol. The van der Waals surface area contributed by atoms with Crippen LogP contribution in [0.3, 0.4) is 0 Å². The Balaban J connectivity index is 2.08. The zero-order valence-corrected chi connectivity index (χ0v) is 13.2. The van der Waals surface area contributed by atoms with Crippen molar-refractivity contribution in [3.8, 4) is 5.88 Å². The molecule has 2 heterocycles. The molecule has 1 saturated heterocycles. The standard InChI is InChI=1S/C14H19BF3NO3/c1-9(14(16,17)18)20-11-7-6-10(8-19-11)15-21-12(2,3)13(4,5)22-15/h6-9H,1-5H3/t9-/m1/s1. The van der Waals surface area contributed by atoms with Crippen molar-refractivity contribution in [3.05, 3.63) is 18.3 Å². The Morgan fingerprint density at radius 2 is 1.68 bits per heavy atom. The molecule has 0 aromatic carbocycles. The Morgan fingerprint density at radius 1 is 1.14 bits per heavy atom. The number of nitrogens with zero attached hydrogens (tertiary/aromatic N) is 1. The lowest BCUT2D eigenvalue weighted by Gasteiger charge is -2.32. The van der Waals surface area contributed by atoms with E-state index >= 15 is 0 Å². The fraction of sp³-hybridized carbons (Fsp3) is 0.643. The van der Waals surface area contributed by atoms with Crippen molar-refractivity contribution in [2.24, 2.45) is 0 Å². The van der Waals surface area contributed by atoms with E-state index in [0.29, 0.717) is 5.46 Å². The van der Waals surface area contributed by atoms with E-state index in [1.165, 1.54) is 12.3 Å². The molecule has 1 atom stereocenters. The van der Waals surface area contributed by atoms with Gasteiger partial charge < -0.3 is 14.0 Å². The fourth-order valence-electron chi connectivity index (χ4n) is 1.83. The highest BCUT2D eigenvalue weighted by Gasteiger charge is 2.51. The van der Waals surface area contributed by atoms with Gasteiger partial charge in [0.1, 0.15) is 0 Å². The van der Waals surface area contributed by atoms with Crippen LogP contribution in [0.15, 0.2) is 18.3 Å². The molecule has 0 N–H and O–H groups in total. The van der Waals surface area contributed by atoms with Gasteiger partial charge in [-0.25, -0.2) is 4.98 Å². The maximum Gasteiger partial charge on any atom is 0.496 e. The van der Waals surface area contributed by atoms with Gasteiger partial charge in [-0.2, -0.15) is 13.2 Å². The molecule has 0 unspecified atom stereocenters. The van der Waals surface area contributed by atoms with E-state index in [4.69, 9.17) is 14.0 Å². The van der Waals surface area contributed by atoms with Gasteiger partial charge in [0.15, 0.2) is 6.10 Å². The van der Waals surface area contributed by atoms with Gasteiger partial charge in [-0.05, 0) is 40.7 Å². The van der Waals surface area contributed by atoms with Crippen molar-refractivity contribution in [2.75, 3.05) is 0 Å². The third-order valence-corrected chi connectivity index (χ3v) is 4.04. The Kier molecular flexibility index (Phi) is 4.21. The highest BCUT2D eigenvalue weighted by Crippen LogP contribution is 2.36. The average molecular weight is 317 g/mol. The zero-order chi connectivity index (χ0) is 16.8. The molecule has 122 valence electrons. The van der Waals surface area contributed by atoms with E-state index in [1.54, 1.807) is 6.07 Å². The van der Waals surface area contributed by atoms with Crippen molar-refractivity contribution in [3.63, 3.8) is 0 Å². The summed E-state index contributed by atoms with van der Waals surface area (Å²) in [6, 6.07) is 2.97. The van der Waals surface area contributed by atoms with Crippen LogP contribution < -0.4 is 10.2 Å². The van der Waals surface area contributed by atoms with Crippen molar-refractivity contribution in [1.82, 2.24) is 4.98 Å². The van der Waals surface area contributed by atoms with Crippen LogP contribution in [-0.2, 0) is 9.31 Å². The number of aromatic nitrogens is 1.